The molecule has 0 saturated carbocycles. The van der Waals surface area contributed by atoms with Crippen LogP contribution in [0.3, 0.4) is 0 Å². The molecule has 0 aliphatic heterocycles. The van der Waals surface area contributed by atoms with Crippen molar-refractivity contribution in [3.05, 3.63) is 12.2 Å². The second-order valence-corrected chi connectivity index (χ2v) is 24.2. The summed E-state index contributed by atoms with van der Waals surface area (Å²) in [6.07, 6.45) is 79.7. The fraction of sp³-hybridized carbons (Fsp3) is 0.930. The smallest absolute Gasteiger partial charge is 0.306 e. The van der Waals surface area contributed by atoms with Gasteiger partial charge in [-0.25, -0.2) is 0 Å². The maximum absolute atomic E-state index is 12.9. The molecule has 0 aromatic carbocycles. The molecule has 0 aromatic rings. The summed E-state index contributed by atoms with van der Waals surface area (Å²) < 4.78 is 17.0. The molecule has 1 unspecified atom stereocenters. The predicted molar refractivity (Wildman–Crippen MR) is 335 cm³/mol. The molecule has 0 bridgehead atoms. The normalized spacial score (nSPS) is 12.0. The van der Waals surface area contributed by atoms with E-state index in [0.29, 0.717) is 19.3 Å². The van der Waals surface area contributed by atoms with Gasteiger partial charge in [0.1, 0.15) is 13.2 Å². The van der Waals surface area contributed by atoms with Gasteiger partial charge in [-0.05, 0) is 44.9 Å². The predicted octanol–water partition coefficient (Wildman–Crippen LogP) is 24.0. The Balaban J connectivity index is 4.11. The van der Waals surface area contributed by atoms with E-state index in [-0.39, 0.29) is 31.1 Å². The first-order valence-electron chi connectivity index (χ1n) is 35.2. The van der Waals surface area contributed by atoms with E-state index < -0.39 is 6.10 Å². The van der Waals surface area contributed by atoms with Gasteiger partial charge in [0.15, 0.2) is 6.10 Å². The Labute approximate surface area is 481 Å². The maximum Gasteiger partial charge on any atom is 0.306 e. The van der Waals surface area contributed by atoms with Gasteiger partial charge in [0.05, 0.1) is 0 Å². The van der Waals surface area contributed by atoms with Crippen molar-refractivity contribution >= 4 is 17.9 Å². The van der Waals surface area contributed by atoms with Gasteiger partial charge in [0.2, 0.25) is 0 Å². The van der Waals surface area contributed by atoms with E-state index in [1.165, 1.54) is 308 Å². The zero-order valence-electron chi connectivity index (χ0n) is 52.5. The number of rotatable bonds is 66. The summed E-state index contributed by atoms with van der Waals surface area (Å²) >= 11 is 0. The Hall–Kier alpha value is -1.85. The Bertz CT molecular complexity index is 1200. The fourth-order valence-electron chi connectivity index (χ4n) is 11.0. The maximum atomic E-state index is 12.9. The largest absolute Gasteiger partial charge is 0.462 e. The quantitative estimate of drug-likeness (QED) is 0.0261. The minimum absolute atomic E-state index is 0.0641. The van der Waals surface area contributed by atoms with E-state index in [1.54, 1.807) is 0 Å². The lowest BCUT2D eigenvalue weighted by Gasteiger charge is -2.18. The second kappa shape index (κ2) is 66.7. The molecule has 0 rings (SSSR count). The van der Waals surface area contributed by atoms with Crippen LogP contribution >= 0.6 is 0 Å². The van der Waals surface area contributed by atoms with Crippen molar-refractivity contribution in [2.75, 3.05) is 13.2 Å². The van der Waals surface area contributed by atoms with Crippen LogP contribution in [-0.2, 0) is 28.6 Å². The first-order valence-corrected chi connectivity index (χ1v) is 35.2. The van der Waals surface area contributed by atoms with E-state index in [9.17, 15) is 14.4 Å². The van der Waals surface area contributed by atoms with E-state index in [2.05, 4.69) is 32.9 Å². The Morgan fingerprint density at radius 3 is 0.649 bits per heavy atom. The Kier molecular flexibility index (Phi) is 65.1. The van der Waals surface area contributed by atoms with Crippen molar-refractivity contribution in [1.82, 2.24) is 0 Å². The molecular weight excluding hydrogens is 949 g/mol. The molecule has 0 aliphatic rings. The number of unbranched alkanes of at least 4 members (excludes halogenated alkanes) is 53. The van der Waals surface area contributed by atoms with Gasteiger partial charge in [0, 0.05) is 19.3 Å². The van der Waals surface area contributed by atoms with Crippen LogP contribution in [0.2, 0.25) is 0 Å². The van der Waals surface area contributed by atoms with Crippen LogP contribution in [0.5, 0.6) is 0 Å². The topological polar surface area (TPSA) is 78.9 Å². The van der Waals surface area contributed by atoms with Crippen LogP contribution in [0.15, 0.2) is 12.2 Å². The summed E-state index contributed by atoms with van der Waals surface area (Å²) in [5.74, 6) is -0.835. The number of hydrogen-bond donors (Lipinski definition) is 0. The molecule has 0 heterocycles. The molecule has 6 nitrogen and oxygen atoms in total. The highest BCUT2D eigenvalue weighted by Gasteiger charge is 2.19. The molecule has 0 amide bonds. The molecule has 0 fully saturated rings. The van der Waals surface area contributed by atoms with Crippen LogP contribution in [0, 0.1) is 0 Å². The van der Waals surface area contributed by atoms with Gasteiger partial charge in [-0.1, -0.05) is 354 Å². The lowest BCUT2D eigenvalue weighted by atomic mass is 10.0. The molecule has 0 radical (unpaired) electrons. The van der Waals surface area contributed by atoms with Crippen LogP contribution in [0.1, 0.15) is 406 Å². The number of esters is 3. The number of carbonyl (C=O) groups is 3. The van der Waals surface area contributed by atoms with Crippen LogP contribution in [0.4, 0.5) is 0 Å². The molecule has 0 spiro atoms. The highest BCUT2D eigenvalue weighted by Crippen LogP contribution is 2.19. The summed E-state index contributed by atoms with van der Waals surface area (Å²) in [6, 6.07) is 0. The second-order valence-electron chi connectivity index (χ2n) is 24.2. The third kappa shape index (κ3) is 64.9. The molecule has 0 saturated heterocycles. The third-order valence-corrected chi connectivity index (χ3v) is 16.3. The highest BCUT2D eigenvalue weighted by atomic mass is 16.6. The van der Waals surface area contributed by atoms with Crippen molar-refractivity contribution < 1.29 is 28.6 Å². The van der Waals surface area contributed by atoms with Crippen LogP contribution in [0.25, 0.3) is 0 Å². The van der Waals surface area contributed by atoms with Gasteiger partial charge in [-0.2, -0.15) is 0 Å². The molecule has 77 heavy (non-hydrogen) atoms. The van der Waals surface area contributed by atoms with E-state index >= 15 is 0 Å². The Morgan fingerprint density at radius 1 is 0.247 bits per heavy atom. The fourth-order valence-corrected chi connectivity index (χ4v) is 11.0. The van der Waals surface area contributed by atoms with Crippen molar-refractivity contribution in [2.24, 2.45) is 0 Å². The molecule has 456 valence electrons. The summed E-state index contributed by atoms with van der Waals surface area (Å²) in [7, 11) is 0. The number of hydrogen-bond acceptors (Lipinski definition) is 6. The van der Waals surface area contributed by atoms with Crippen molar-refractivity contribution in [2.45, 2.75) is 412 Å². The molecular formula is C71H136O6. The first kappa shape index (κ1) is 75.2. The van der Waals surface area contributed by atoms with Gasteiger partial charge in [-0.15, -0.1) is 0 Å². The average molecular weight is 1090 g/mol. The number of ether oxygens (including phenoxy) is 3. The highest BCUT2D eigenvalue weighted by molar-refractivity contribution is 5.71. The summed E-state index contributed by atoms with van der Waals surface area (Å²) in [5, 5.41) is 0. The summed E-state index contributed by atoms with van der Waals surface area (Å²) in [6.45, 7) is 6.71. The van der Waals surface area contributed by atoms with E-state index in [4.69, 9.17) is 14.2 Å². The zero-order valence-corrected chi connectivity index (χ0v) is 52.5. The minimum atomic E-state index is -0.767. The van der Waals surface area contributed by atoms with Gasteiger partial charge < -0.3 is 14.2 Å². The van der Waals surface area contributed by atoms with Crippen LogP contribution < -0.4 is 0 Å². The van der Waals surface area contributed by atoms with E-state index in [1.807, 2.05) is 0 Å². The lowest BCUT2D eigenvalue weighted by molar-refractivity contribution is -0.167. The van der Waals surface area contributed by atoms with Gasteiger partial charge in [-0.3, -0.25) is 14.4 Å². The zero-order chi connectivity index (χ0) is 55.7. The molecule has 6 heteroatoms. The molecule has 1 atom stereocenters. The number of allylic oxidation sites excluding steroid dienone is 2. The average Bonchev–Trinajstić information content (AvgIpc) is 3.43. The summed E-state index contributed by atoms with van der Waals surface area (Å²) in [4.78, 5) is 38.3. The first-order chi connectivity index (χ1) is 38.0. The monoisotopic (exact) mass is 1090 g/mol. The van der Waals surface area contributed by atoms with Crippen molar-refractivity contribution in [3.8, 4) is 0 Å². The SMILES string of the molecule is CCCCCCCC/C=C\CCCCCCCCCCCC(=O)OC(COC(=O)CCCCCCCCCCCCC)COC(=O)CCCCCCCCCCCCCCCCCCCCCCCCCCCCCCC. The minimum Gasteiger partial charge on any atom is -0.462 e. The van der Waals surface area contributed by atoms with Crippen LogP contribution in [-0.4, -0.2) is 37.2 Å². The third-order valence-electron chi connectivity index (χ3n) is 16.3. The van der Waals surface area contributed by atoms with Crippen molar-refractivity contribution in [1.29, 1.82) is 0 Å². The number of carbonyl (C=O) groups excluding carboxylic acids is 3. The summed E-state index contributed by atoms with van der Waals surface area (Å²) in [5.41, 5.74) is 0. The van der Waals surface area contributed by atoms with Crippen molar-refractivity contribution in [3.63, 3.8) is 0 Å². The lowest BCUT2D eigenvalue weighted by Crippen LogP contribution is -2.30. The Morgan fingerprint density at radius 2 is 0.429 bits per heavy atom. The standard InChI is InChI=1S/C71H136O6/c1-4-7-10-13-16-19-22-24-26-28-30-31-32-33-34-35-36-37-38-39-41-42-44-46-49-52-55-58-61-64-70(73)76-67-68(66-75-69(72)63-60-57-54-51-48-21-18-15-12-9-6-3)77-71(74)65-62-59-56-53-50-47-45-43-40-29-27-25-23-20-17-14-11-8-5-2/h25,27,68H,4-24,26,28-67H2,1-3H3/b27-25-. The molecule has 0 aliphatic carbocycles. The molecule has 0 aromatic heterocycles. The molecule has 0 N–H and O–H groups in total. The van der Waals surface area contributed by atoms with Gasteiger partial charge in [0.25, 0.3) is 0 Å². The van der Waals surface area contributed by atoms with Gasteiger partial charge >= 0.3 is 17.9 Å². The van der Waals surface area contributed by atoms with E-state index in [0.717, 1.165) is 57.8 Å².